The van der Waals surface area contributed by atoms with E-state index in [4.69, 9.17) is 9.47 Å². The van der Waals surface area contributed by atoms with E-state index in [2.05, 4.69) is 5.32 Å². The van der Waals surface area contributed by atoms with Crippen LogP contribution in [0.5, 0.6) is 0 Å². The van der Waals surface area contributed by atoms with Crippen molar-refractivity contribution in [1.82, 2.24) is 29.2 Å². The molecule has 0 radical (unpaired) electrons. The summed E-state index contributed by atoms with van der Waals surface area (Å²) in [7, 11) is 7.04. The molecule has 2 aliphatic carbocycles. The van der Waals surface area contributed by atoms with E-state index in [-0.39, 0.29) is 36.0 Å². The summed E-state index contributed by atoms with van der Waals surface area (Å²) in [5.41, 5.74) is 6.96. The lowest BCUT2D eigenvalue weighted by atomic mass is 9.75. The van der Waals surface area contributed by atoms with Crippen molar-refractivity contribution in [1.29, 1.82) is 0 Å². The fourth-order valence-electron chi connectivity index (χ4n) is 10.4. The zero-order valence-corrected chi connectivity index (χ0v) is 37.3. The molecule has 0 spiro atoms. The predicted molar refractivity (Wildman–Crippen MR) is 238 cm³/mol. The summed E-state index contributed by atoms with van der Waals surface area (Å²) in [5, 5.41) is 14.1. The van der Waals surface area contributed by atoms with Crippen molar-refractivity contribution in [2.75, 3.05) is 74.3 Å². The Morgan fingerprint density at radius 2 is 1.11 bits per heavy atom. The number of ether oxygens (including phenoxy) is 2. The second kappa shape index (κ2) is 19.5. The molecule has 334 valence electrons. The number of carboxylic acid groups (broad SMARTS) is 1. The van der Waals surface area contributed by atoms with Crippen LogP contribution >= 0.6 is 0 Å². The van der Waals surface area contributed by atoms with Gasteiger partial charge in [-0.3, -0.25) is 18.7 Å². The fourth-order valence-corrected chi connectivity index (χ4v) is 10.4. The molecule has 4 aromatic rings. The van der Waals surface area contributed by atoms with Crippen LogP contribution in [0.4, 0.5) is 9.59 Å². The molecule has 14 nitrogen and oxygen atoms in total. The molecule has 2 aromatic heterocycles. The van der Waals surface area contributed by atoms with Gasteiger partial charge in [-0.15, -0.1) is 0 Å². The number of likely N-dealkylation sites (N-methyl/N-ethyl adjacent to an activating group) is 2. The Kier molecular flexibility index (Phi) is 14.1. The van der Waals surface area contributed by atoms with Crippen LogP contribution in [-0.2, 0) is 40.0 Å². The molecule has 0 bridgehead atoms. The number of nitrogens with zero attached hydrogens (tertiary/aromatic N) is 5. The quantitative estimate of drug-likeness (QED) is 0.199. The molecule has 4 heterocycles. The van der Waals surface area contributed by atoms with Gasteiger partial charge in [0.2, 0.25) is 5.91 Å². The molecule has 2 aliphatic heterocycles. The molecule has 2 aromatic carbocycles. The minimum atomic E-state index is -0.936. The highest BCUT2D eigenvalue weighted by molar-refractivity contribution is 6.03. The lowest BCUT2D eigenvalue weighted by Gasteiger charge is -2.33. The molecule has 2 saturated heterocycles. The number of carboxylic acids is 1. The van der Waals surface area contributed by atoms with E-state index in [9.17, 15) is 29.1 Å². The summed E-state index contributed by atoms with van der Waals surface area (Å²) >= 11 is 0. The largest absolute Gasteiger partial charge is 0.478 e. The van der Waals surface area contributed by atoms with Gasteiger partial charge in [-0.2, -0.15) is 0 Å². The Labute approximate surface area is 364 Å². The first-order valence-corrected chi connectivity index (χ1v) is 22.5. The van der Waals surface area contributed by atoms with Gasteiger partial charge in [0.15, 0.2) is 0 Å². The molecule has 0 saturated carbocycles. The first-order chi connectivity index (χ1) is 29.8. The Morgan fingerprint density at radius 3 is 1.53 bits per heavy atom. The lowest BCUT2D eigenvalue weighted by Crippen LogP contribution is -2.40. The van der Waals surface area contributed by atoms with Crippen LogP contribution in [-0.4, -0.2) is 133 Å². The number of carbonyl (C=O) groups is 5. The predicted octanol–water partition coefficient (Wildman–Crippen LogP) is 6.70. The maximum atomic E-state index is 13.3. The third kappa shape index (κ3) is 9.13. The summed E-state index contributed by atoms with van der Waals surface area (Å²) in [6, 6.07) is 10.6. The Morgan fingerprint density at radius 1 is 0.661 bits per heavy atom. The van der Waals surface area contributed by atoms with E-state index in [1.807, 2.05) is 30.5 Å². The maximum absolute atomic E-state index is 13.3. The summed E-state index contributed by atoms with van der Waals surface area (Å²) in [6.45, 7) is 8.06. The maximum Gasteiger partial charge on any atom is 0.335 e. The average Bonchev–Trinajstić information content (AvgIpc) is 3.79. The number of carbonyl (C=O) groups excluding carboxylic acids is 4. The number of aromatic carboxylic acids is 1. The van der Waals surface area contributed by atoms with E-state index in [1.54, 1.807) is 71.7 Å². The molecule has 2 atom stereocenters. The van der Waals surface area contributed by atoms with Crippen molar-refractivity contribution in [3.63, 3.8) is 0 Å². The second-order valence-electron chi connectivity index (χ2n) is 17.8. The van der Waals surface area contributed by atoms with Gasteiger partial charge in [0.1, 0.15) is 0 Å². The van der Waals surface area contributed by atoms with Gasteiger partial charge in [-0.05, 0) is 149 Å². The Hall–Kier alpha value is -5.21. The van der Waals surface area contributed by atoms with E-state index in [0.29, 0.717) is 42.3 Å². The van der Waals surface area contributed by atoms with Crippen molar-refractivity contribution in [3.05, 3.63) is 70.0 Å². The lowest BCUT2D eigenvalue weighted by molar-refractivity contribution is -0.121. The Bertz CT molecular complexity index is 2310. The van der Waals surface area contributed by atoms with E-state index in [1.165, 1.54) is 5.56 Å². The standard InChI is InChI=1S/C27H38N4O4.C21H26N2O4/c1-5-28-25(32)17-30(6-2)26(33)20-8-10-24-22(16-20)21-15-19(18-11-13-35-14-12-18)7-9-23(21)31(24)27(34)29(3)4;1-22(2)21(26)23-18-5-3-14(13-7-9-27-10-8-13)11-16(18)17-12-15(20(24)25)4-6-19(17)23/h8,10,16,18-19H,5-7,9,11-15,17H2,1-4H3,(H,28,32);4,6,12-14H,3,5,7-11H2,1-2H3,(H,24,25). The third-order valence-electron chi connectivity index (χ3n) is 13.7. The first kappa shape index (κ1) is 44.8. The van der Waals surface area contributed by atoms with Crippen molar-refractivity contribution in [3.8, 4) is 0 Å². The molecule has 8 rings (SSSR count). The SMILES string of the molecule is CCNC(=O)CN(CC)C(=O)c1ccc2c(c1)c1c(n2C(=O)N(C)C)CCC(C2CCOCC2)C1.CN(C)C(=O)n1c2c(c3cc(C(=O)O)ccc31)CC(C1CCOCC1)CC2. The van der Waals surface area contributed by atoms with Crippen LogP contribution in [0.15, 0.2) is 36.4 Å². The van der Waals surface area contributed by atoms with Gasteiger partial charge in [0.25, 0.3) is 5.91 Å². The van der Waals surface area contributed by atoms with Crippen molar-refractivity contribution < 1.29 is 38.6 Å². The normalized spacial score (nSPS) is 19.2. The fraction of sp³-hybridized carbons (Fsp3) is 0.562. The second-order valence-corrected chi connectivity index (χ2v) is 17.8. The minimum Gasteiger partial charge on any atom is -0.478 e. The first-order valence-electron chi connectivity index (χ1n) is 22.5. The van der Waals surface area contributed by atoms with Gasteiger partial charge < -0.3 is 34.6 Å². The average molecular weight is 853 g/mol. The highest BCUT2D eigenvalue weighted by Gasteiger charge is 2.35. The molecule has 4 amide bonds. The summed E-state index contributed by atoms with van der Waals surface area (Å²) in [4.78, 5) is 67.7. The highest BCUT2D eigenvalue weighted by Crippen LogP contribution is 2.42. The molecule has 2 N–H and O–H groups in total. The van der Waals surface area contributed by atoms with E-state index < -0.39 is 5.97 Å². The molecular formula is C48H64N6O8. The number of hydrogen-bond acceptors (Lipinski definition) is 7. The smallest absolute Gasteiger partial charge is 0.335 e. The number of amides is 4. The van der Waals surface area contributed by atoms with Crippen molar-refractivity contribution >= 4 is 51.7 Å². The molecular weight excluding hydrogens is 789 g/mol. The van der Waals surface area contributed by atoms with E-state index >= 15 is 0 Å². The summed E-state index contributed by atoms with van der Waals surface area (Å²) in [5.74, 6) is 1.15. The Balaban J connectivity index is 0.000000192. The summed E-state index contributed by atoms with van der Waals surface area (Å²) < 4.78 is 14.7. The molecule has 62 heavy (non-hydrogen) atoms. The van der Waals surface area contributed by atoms with Crippen LogP contribution < -0.4 is 5.32 Å². The van der Waals surface area contributed by atoms with Gasteiger partial charge in [0.05, 0.1) is 23.1 Å². The van der Waals surface area contributed by atoms with Crippen molar-refractivity contribution in [2.45, 2.75) is 78.1 Å². The summed E-state index contributed by atoms with van der Waals surface area (Å²) in [6.07, 6.45) is 10.0. The number of nitrogens with one attached hydrogen (secondary N) is 1. The van der Waals surface area contributed by atoms with E-state index in [0.717, 1.165) is 129 Å². The number of fused-ring (bicyclic) bond motifs is 6. The van der Waals surface area contributed by atoms with Crippen LogP contribution in [0.25, 0.3) is 21.8 Å². The zero-order chi connectivity index (χ0) is 44.2. The van der Waals surface area contributed by atoms with Crippen LogP contribution in [0.1, 0.15) is 95.6 Å². The number of aromatic nitrogens is 2. The van der Waals surface area contributed by atoms with Gasteiger partial charge in [-0.1, -0.05) is 0 Å². The van der Waals surface area contributed by atoms with Gasteiger partial charge >= 0.3 is 18.0 Å². The minimum absolute atomic E-state index is 0.0330. The van der Waals surface area contributed by atoms with Crippen LogP contribution in [0.3, 0.4) is 0 Å². The van der Waals surface area contributed by atoms with Crippen molar-refractivity contribution in [2.24, 2.45) is 23.7 Å². The topological polar surface area (TPSA) is 156 Å². The third-order valence-corrected chi connectivity index (χ3v) is 13.7. The van der Waals surface area contributed by atoms with Gasteiger partial charge in [-0.25, -0.2) is 14.4 Å². The monoisotopic (exact) mass is 852 g/mol. The number of rotatable bonds is 8. The molecule has 14 heteroatoms. The van der Waals surface area contributed by atoms with Crippen LogP contribution in [0, 0.1) is 23.7 Å². The zero-order valence-electron chi connectivity index (χ0n) is 37.3. The van der Waals surface area contributed by atoms with Gasteiger partial charge in [0, 0.05) is 95.4 Å². The molecule has 2 fully saturated rings. The van der Waals surface area contributed by atoms with Crippen LogP contribution in [0.2, 0.25) is 0 Å². The molecule has 2 unspecified atom stereocenters. The number of benzene rings is 2. The highest BCUT2D eigenvalue weighted by atomic mass is 16.5. The number of hydrogen-bond donors (Lipinski definition) is 2. The molecule has 4 aliphatic rings.